The van der Waals surface area contributed by atoms with Crippen molar-refractivity contribution >= 4 is 11.6 Å². The Bertz CT molecular complexity index is 337. The van der Waals surface area contributed by atoms with E-state index < -0.39 is 0 Å². The van der Waals surface area contributed by atoms with Gasteiger partial charge >= 0.3 is 0 Å². The number of carbonyl (C=O) groups is 1. The van der Waals surface area contributed by atoms with Crippen molar-refractivity contribution < 1.29 is 19.4 Å². The highest BCUT2D eigenvalue weighted by atomic mass is 16.5. The van der Waals surface area contributed by atoms with Crippen LogP contribution in [0.3, 0.4) is 0 Å². The van der Waals surface area contributed by atoms with Gasteiger partial charge in [0.15, 0.2) is 0 Å². The Morgan fingerprint density at radius 2 is 2.06 bits per heavy atom. The van der Waals surface area contributed by atoms with Crippen LogP contribution in [0.15, 0.2) is 24.3 Å². The first kappa shape index (κ1) is 13.5. The molecule has 5 heteroatoms. The highest BCUT2D eigenvalue weighted by Gasteiger charge is 2.02. The molecule has 0 aromatic heterocycles. The second-order valence-corrected chi connectivity index (χ2v) is 3.28. The zero-order chi connectivity index (χ0) is 12.5. The summed E-state index contributed by atoms with van der Waals surface area (Å²) in [5.41, 5.74) is 0.686. The molecule has 17 heavy (non-hydrogen) atoms. The molecule has 0 aliphatic rings. The van der Waals surface area contributed by atoms with Crippen molar-refractivity contribution in [2.24, 2.45) is 0 Å². The number of aliphatic hydroxyl groups excluding tert-OH is 1. The van der Waals surface area contributed by atoms with Crippen molar-refractivity contribution in [2.75, 3.05) is 31.7 Å². The van der Waals surface area contributed by atoms with Crippen molar-refractivity contribution in [3.05, 3.63) is 24.3 Å². The maximum atomic E-state index is 11.3. The summed E-state index contributed by atoms with van der Waals surface area (Å²) in [6.45, 7) is 2.54. The fraction of sp³-hybridized carbons (Fsp3) is 0.417. The van der Waals surface area contributed by atoms with Gasteiger partial charge in [-0.15, -0.1) is 0 Å². The Morgan fingerprint density at radius 1 is 1.35 bits per heavy atom. The van der Waals surface area contributed by atoms with E-state index in [9.17, 15) is 4.79 Å². The summed E-state index contributed by atoms with van der Waals surface area (Å²) in [7, 11) is 0. The van der Waals surface area contributed by atoms with Gasteiger partial charge < -0.3 is 19.9 Å². The summed E-state index contributed by atoms with van der Waals surface area (Å²) in [4.78, 5) is 11.3. The van der Waals surface area contributed by atoms with E-state index in [0.29, 0.717) is 12.3 Å². The average Bonchev–Trinajstić information content (AvgIpc) is 2.32. The summed E-state index contributed by atoms with van der Waals surface area (Å²) in [5.74, 6) is 0.518. The number of amides is 1. The van der Waals surface area contributed by atoms with E-state index in [2.05, 4.69) is 5.32 Å². The smallest absolute Gasteiger partial charge is 0.250 e. The molecule has 1 aromatic rings. The van der Waals surface area contributed by atoms with Crippen molar-refractivity contribution in [1.29, 1.82) is 0 Å². The summed E-state index contributed by atoms with van der Waals surface area (Å²) in [6, 6.07) is 7.09. The summed E-state index contributed by atoms with van der Waals surface area (Å²) < 4.78 is 10.2. The molecule has 0 radical (unpaired) electrons. The van der Waals surface area contributed by atoms with Crippen LogP contribution in [0.1, 0.15) is 6.92 Å². The van der Waals surface area contributed by atoms with Crippen LogP contribution in [-0.2, 0) is 9.53 Å². The monoisotopic (exact) mass is 239 g/mol. The van der Waals surface area contributed by atoms with Gasteiger partial charge in [0, 0.05) is 5.69 Å². The molecule has 0 bridgehead atoms. The minimum atomic E-state index is -0.248. The molecule has 1 aromatic carbocycles. The molecule has 1 rings (SSSR count). The van der Waals surface area contributed by atoms with E-state index in [-0.39, 0.29) is 25.7 Å². The summed E-state index contributed by atoms with van der Waals surface area (Å²) >= 11 is 0. The zero-order valence-electron chi connectivity index (χ0n) is 9.81. The van der Waals surface area contributed by atoms with E-state index in [4.69, 9.17) is 14.6 Å². The van der Waals surface area contributed by atoms with Gasteiger partial charge in [-0.05, 0) is 31.2 Å². The molecule has 0 fully saturated rings. The lowest BCUT2D eigenvalue weighted by molar-refractivity contribution is -0.120. The molecule has 2 N–H and O–H groups in total. The standard InChI is InChI=1S/C12H17NO4/c1-2-17-11-5-3-10(4-6-11)13-12(15)9-16-8-7-14/h3-6,14H,2,7-9H2,1H3,(H,13,15). The van der Waals surface area contributed by atoms with E-state index in [1.807, 2.05) is 6.92 Å². The fourth-order valence-corrected chi connectivity index (χ4v) is 1.23. The Balaban J connectivity index is 2.37. The predicted molar refractivity (Wildman–Crippen MR) is 64.1 cm³/mol. The highest BCUT2D eigenvalue weighted by Crippen LogP contribution is 2.15. The maximum absolute atomic E-state index is 11.3. The minimum absolute atomic E-state index is 0.0617. The van der Waals surface area contributed by atoms with E-state index in [0.717, 1.165) is 5.75 Å². The van der Waals surface area contributed by atoms with Gasteiger partial charge in [0.25, 0.3) is 0 Å². The SMILES string of the molecule is CCOc1ccc(NC(=O)COCCO)cc1. The third kappa shape index (κ3) is 5.33. The third-order valence-corrected chi connectivity index (χ3v) is 1.92. The number of carbonyl (C=O) groups excluding carboxylic acids is 1. The number of benzene rings is 1. The second-order valence-electron chi connectivity index (χ2n) is 3.28. The van der Waals surface area contributed by atoms with Crippen LogP contribution in [0.2, 0.25) is 0 Å². The van der Waals surface area contributed by atoms with Crippen LogP contribution < -0.4 is 10.1 Å². The first-order valence-electron chi connectivity index (χ1n) is 5.47. The van der Waals surface area contributed by atoms with Crippen LogP contribution in [0, 0.1) is 0 Å². The highest BCUT2D eigenvalue weighted by molar-refractivity contribution is 5.91. The normalized spacial score (nSPS) is 10.0. The van der Waals surface area contributed by atoms with Crippen molar-refractivity contribution in [3.8, 4) is 5.75 Å². The van der Waals surface area contributed by atoms with Crippen molar-refractivity contribution in [3.63, 3.8) is 0 Å². The third-order valence-electron chi connectivity index (χ3n) is 1.92. The van der Waals surface area contributed by atoms with Gasteiger partial charge in [0.1, 0.15) is 12.4 Å². The van der Waals surface area contributed by atoms with Crippen LogP contribution in [-0.4, -0.2) is 37.4 Å². The van der Waals surface area contributed by atoms with Gasteiger partial charge in [-0.25, -0.2) is 0 Å². The lowest BCUT2D eigenvalue weighted by Gasteiger charge is -2.07. The van der Waals surface area contributed by atoms with E-state index >= 15 is 0 Å². The lowest BCUT2D eigenvalue weighted by Crippen LogP contribution is -2.19. The molecule has 0 unspecified atom stereocenters. The number of anilines is 1. The predicted octanol–water partition coefficient (Wildman–Crippen LogP) is 1.03. The number of ether oxygens (including phenoxy) is 2. The molecule has 0 saturated heterocycles. The number of rotatable bonds is 7. The van der Waals surface area contributed by atoms with Gasteiger partial charge in [-0.2, -0.15) is 0 Å². The Labute approximate surface area is 100 Å². The Hall–Kier alpha value is -1.59. The van der Waals surface area contributed by atoms with Gasteiger partial charge in [0.05, 0.1) is 19.8 Å². The van der Waals surface area contributed by atoms with Crippen LogP contribution >= 0.6 is 0 Å². The van der Waals surface area contributed by atoms with Gasteiger partial charge in [0.2, 0.25) is 5.91 Å². The molecule has 5 nitrogen and oxygen atoms in total. The number of aliphatic hydroxyl groups is 1. The van der Waals surface area contributed by atoms with E-state index in [1.54, 1.807) is 24.3 Å². The van der Waals surface area contributed by atoms with Crippen LogP contribution in [0.5, 0.6) is 5.75 Å². The molecule has 94 valence electrons. The Kier molecular flexibility index (Phi) is 6.06. The number of hydrogen-bond acceptors (Lipinski definition) is 4. The average molecular weight is 239 g/mol. The molecular weight excluding hydrogens is 222 g/mol. The molecule has 0 spiro atoms. The summed E-state index contributed by atoms with van der Waals surface area (Å²) in [6.07, 6.45) is 0. The number of nitrogens with one attached hydrogen (secondary N) is 1. The minimum Gasteiger partial charge on any atom is -0.494 e. The fourth-order valence-electron chi connectivity index (χ4n) is 1.23. The quantitative estimate of drug-likeness (QED) is 0.697. The van der Waals surface area contributed by atoms with E-state index in [1.165, 1.54) is 0 Å². The topological polar surface area (TPSA) is 67.8 Å². The molecule has 0 aliphatic carbocycles. The first-order valence-corrected chi connectivity index (χ1v) is 5.47. The van der Waals surface area contributed by atoms with Crippen molar-refractivity contribution in [2.45, 2.75) is 6.92 Å². The van der Waals surface area contributed by atoms with Gasteiger partial charge in [-0.3, -0.25) is 4.79 Å². The first-order chi connectivity index (χ1) is 8.26. The molecule has 0 aliphatic heterocycles. The molecule has 1 amide bonds. The lowest BCUT2D eigenvalue weighted by atomic mass is 10.3. The molecule has 0 atom stereocenters. The maximum Gasteiger partial charge on any atom is 0.250 e. The largest absolute Gasteiger partial charge is 0.494 e. The summed E-state index contributed by atoms with van der Waals surface area (Å²) in [5, 5.41) is 11.1. The van der Waals surface area contributed by atoms with Gasteiger partial charge in [-0.1, -0.05) is 0 Å². The second kappa shape index (κ2) is 7.65. The van der Waals surface area contributed by atoms with Crippen molar-refractivity contribution in [1.82, 2.24) is 0 Å². The zero-order valence-corrected chi connectivity index (χ0v) is 9.81. The molecular formula is C12H17NO4. The Morgan fingerprint density at radius 3 is 2.65 bits per heavy atom. The number of hydrogen-bond donors (Lipinski definition) is 2. The molecule has 0 saturated carbocycles. The van der Waals surface area contributed by atoms with Crippen LogP contribution in [0.25, 0.3) is 0 Å². The molecule has 0 heterocycles. The van der Waals surface area contributed by atoms with Crippen LogP contribution in [0.4, 0.5) is 5.69 Å².